The van der Waals surface area contributed by atoms with E-state index in [1.807, 2.05) is 13.8 Å². The van der Waals surface area contributed by atoms with Crippen molar-refractivity contribution >= 4 is 27.0 Å². The Labute approximate surface area is 135 Å². The van der Waals surface area contributed by atoms with Crippen molar-refractivity contribution in [2.45, 2.75) is 24.2 Å². The molecule has 0 aliphatic rings. The van der Waals surface area contributed by atoms with E-state index in [0.29, 0.717) is 15.6 Å². The summed E-state index contributed by atoms with van der Waals surface area (Å²) < 4.78 is 32.6. The van der Waals surface area contributed by atoms with Crippen LogP contribution in [0.15, 0.2) is 58.6 Å². The monoisotopic (exact) mass is 337 g/mol. The Morgan fingerprint density at radius 1 is 1.27 bits per heavy atom. The number of benzene rings is 1. The van der Waals surface area contributed by atoms with Gasteiger partial charge in [0.2, 0.25) is 0 Å². The number of thiophene rings is 1. The van der Waals surface area contributed by atoms with Gasteiger partial charge in [-0.2, -0.15) is 0 Å². The number of nitrogens with zero attached hydrogens (tertiary/aromatic N) is 1. The molecule has 0 N–H and O–H groups in total. The molecule has 118 valence electrons. The van der Waals surface area contributed by atoms with Crippen LogP contribution in [0, 0.1) is 0 Å². The molecule has 0 saturated heterocycles. The largest absolute Gasteiger partial charge is 0.491 e. The second-order valence-electron chi connectivity index (χ2n) is 4.92. The van der Waals surface area contributed by atoms with Gasteiger partial charge in [0.15, 0.2) is 0 Å². The van der Waals surface area contributed by atoms with Gasteiger partial charge in [-0.1, -0.05) is 12.1 Å². The van der Waals surface area contributed by atoms with Gasteiger partial charge in [0.05, 0.1) is 18.3 Å². The van der Waals surface area contributed by atoms with Crippen molar-refractivity contribution < 1.29 is 13.2 Å². The highest BCUT2D eigenvalue weighted by Gasteiger charge is 2.24. The van der Waals surface area contributed by atoms with Crippen LogP contribution in [-0.2, 0) is 10.0 Å². The highest BCUT2D eigenvalue weighted by Crippen LogP contribution is 2.28. The number of sulfonamides is 1. The zero-order valence-electron chi connectivity index (χ0n) is 12.6. The van der Waals surface area contributed by atoms with Gasteiger partial charge in [-0.15, -0.1) is 17.9 Å². The Balaban J connectivity index is 2.34. The van der Waals surface area contributed by atoms with Crippen LogP contribution in [0.25, 0.3) is 0 Å². The third kappa shape index (κ3) is 3.69. The quantitative estimate of drug-likeness (QED) is 0.720. The first-order valence-electron chi connectivity index (χ1n) is 6.89. The maximum atomic E-state index is 12.7. The molecule has 22 heavy (non-hydrogen) atoms. The van der Waals surface area contributed by atoms with Gasteiger partial charge < -0.3 is 4.74 Å². The van der Waals surface area contributed by atoms with Crippen molar-refractivity contribution in [2.75, 3.05) is 10.8 Å². The third-order valence-corrected chi connectivity index (χ3v) is 6.00. The zero-order chi connectivity index (χ0) is 16.2. The number of hydrogen-bond donors (Lipinski definition) is 0. The number of anilines is 1. The molecule has 0 aliphatic carbocycles. The van der Waals surface area contributed by atoms with Crippen molar-refractivity contribution in [3.63, 3.8) is 0 Å². The maximum absolute atomic E-state index is 12.7. The number of rotatable bonds is 7. The molecule has 0 amide bonds. The SMILES string of the molecule is C=CCN(c1ccc(OC(C)C)cc1)S(=O)(=O)c1cccs1. The summed E-state index contributed by atoms with van der Waals surface area (Å²) in [5.74, 6) is 0.714. The molecule has 1 aromatic heterocycles. The minimum absolute atomic E-state index is 0.0741. The van der Waals surface area contributed by atoms with Crippen molar-refractivity contribution in [3.8, 4) is 5.75 Å². The van der Waals surface area contributed by atoms with Gasteiger partial charge in [-0.05, 0) is 49.6 Å². The van der Waals surface area contributed by atoms with Gasteiger partial charge in [-0.3, -0.25) is 4.31 Å². The summed E-state index contributed by atoms with van der Waals surface area (Å²) >= 11 is 1.20. The second-order valence-corrected chi connectivity index (χ2v) is 7.95. The van der Waals surface area contributed by atoms with Crippen molar-refractivity contribution in [1.82, 2.24) is 0 Å². The smallest absolute Gasteiger partial charge is 0.274 e. The molecule has 2 aromatic rings. The van der Waals surface area contributed by atoms with E-state index in [0.717, 1.165) is 0 Å². The molecule has 0 spiro atoms. The molecule has 4 nitrogen and oxygen atoms in total. The van der Waals surface area contributed by atoms with Crippen LogP contribution in [0.1, 0.15) is 13.8 Å². The van der Waals surface area contributed by atoms with Gasteiger partial charge >= 0.3 is 0 Å². The summed E-state index contributed by atoms with van der Waals surface area (Å²) in [5, 5.41) is 1.75. The Bertz CT molecular complexity index is 704. The van der Waals surface area contributed by atoms with Crippen molar-refractivity contribution in [2.24, 2.45) is 0 Å². The molecule has 0 radical (unpaired) electrons. The highest BCUT2D eigenvalue weighted by molar-refractivity contribution is 7.94. The molecule has 1 aromatic carbocycles. The van der Waals surface area contributed by atoms with E-state index >= 15 is 0 Å². The summed E-state index contributed by atoms with van der Waals surface area (Å²) in [6.45, 7) is 7.75. The van der Waals surface area contributed by atoms with E-state index in [2.05, 4.69) is 6.58 Å². The third-order valence-electron chi connectivity index (χ3n) is 2.83. The molecule has 6 heteroatoms. The minimum Gasteiger partial charge on any atom is -0.491 e. The molecule has 2 rings (SSSR count). The lowest BCUT2D eigenvalue weighted by Gasteiger charge is -2.22. The lowest BCUT2D eigenvalue weighted by atomic mass is 10.3. The van der Waals surface area contributed by atoms with Crippen LogP contribution in [0.4, 0.5) is 5.69 Å². The summed E-state index contributed by atoms with van der Waals surface area (Å²) in [7, 11) is -3.57. The predicted octanol–water partition coefficient (Wildman–Crippen LogP) is 3.92. The molecular weight excluding hydrogens is 318 g/mol. The summed E-state index contributed by atoms with van der Waals surface area (Å²) in [5.41, 5.74) is 0.587. The molecule has 0 aliphatic heterocycles. The first-order chi connectivity index (χ1) is 10.4. The lowest BCUT2D eigenvalue weighted by molar-refractivity contribution is 0.242. The normalized spacial score (nSPS) is 11.4. The van der Waals surface area contributed by atoms with E-state index in [1.165, 1.54) is 15.6 Å². The Morgan fingerprint density at radius 3 is 2.45 bits per heavy atom. The van der Waals surface area contributed by atoms with Crippen LogP contribution in [-0.4, -0.2) is 21.1 Å². The van der Waals surface area contributed by atoms with E-state index in [-0.39, 0.29) is 12.6 Å². The molecule has 0 unspecified atom stereocenters. The molecular formula is C16H19NO3S2. The fourth-order valence-electron chi connectivity index (χ4n) is 1.94. The van der Waals surface area contributed by atoms with E-state index in [1.54, 1.807) is 47.9 Å². The number of ether oxygens (including phenoxy) is 1. The van der Waals surface area contributed by atoms with Crippen LogP contribution in [0.5, 0.6) is 5.75 Å². The van der Waals surface area contributed by atoms with Crippen molar-refractivity contribution in [3.05, 3.63) is 54.4 Å². The number of hydrogen-bond acceptors (Lipinski definition) is 4. The van der Waals surface area contributed by atoms with Gasteiger partial charge in [0, 0.05) is 0 Å². The first-order valence-corrected chi connectivity index (χ1v) is 9.21. The Hall–Kier alpha value is -1.79. The van der Waals surface area contributed by atoms with E-state index < -0.39 is 10.0 Å². The fraction of sp³-hybridized carbons (Fsp3) is 0.250. The first kappa shape index (κ1) is 16.6. The maximum Gasteiger partial charge on any atom is 0.274 e. The average Bonchev–Trinajstić information content (AvgIpc) is 3.00. The van der Waals surface area contributed by atoms with Crippen LogP contribution in [0.3, 0.4) is 0 Å². The molecule has 0 bridgehead atoms. The van der Waals surface area contributed by atoms with Crippen LogP contribution >= 0.6 is 11.3 Å². The van der Waals surface area contributed by atoms with Crippen molar-refractivity contribution in [1.29, 1.82) is 0 Å². The summed E-state index contributed by atoms with van der Waals surface area (Å²) in [6, 6.07) is 10.4. The Morgan fingerprint density at radius 2 is 1.95 bits per heavy atom. The predicted molar refractivity (Wildman–Crippen MR) is 91.3 cm³/mol. The van der Waals surface area contributed by atoms with Gasteiger partial charge in [-0.25, -0.2) is 8.42 Å². The zero-order valence-corrected chi connectivity index (χ0v) is 14.2. The summed E-state index contributed by atoms with van der Waals surface area (Å²) in [4.78, 5) is 0. The molecule has 0 fully saturated rings. The van der Waals surface area contributed by atoms with Crippen LogP contribution in [0.2, 0.25) is 0 Å². The standard InChI is InChI=1S/C16H19NO3S2/c1-4-11-17(22(18,19)16-6-5-12-21-16)14-7-9-15(10-8-14)20-13(2)3/h4-10,12-13H,1,11H2,2-3H3. The fourth-order valence-corrected chi connectivity index (χ4v) is 4.48. The highest BCUT2D eigenvalue weighted by atomic mass is 32.2. The molecule has 0 atom stereocenters. The topological polar surface area (TPSA) is 46.6 Å². The lowest BCUT2D eigenvalue weighted by Crippen LogP contribution is -2.30. The average molecular weight is 337 g/mol. The van der Waals surface area contributed by atoms with Gasteiger partial charge in [0.25, 0.3) is 10.0 Å². The molecule has 0 saturated carbocycles. The van der Waals surface area contributed by atoms with E-state index in [4.69, 9.17) is 4.74 Å². The minimum atomic E-state index is -3.57. The summed E-state index contributed by atoms with van der Waals surface area (Å²) in [6.07, 6.45) is 1.65. The van der Waals surface area contributed by atoms with E-state index in [9.17, 15) is 8.42 Å². The van der Waals surface area contributed by atoms with Crippen LogP contribution < -0.4 is 9.04 Å². The second kappa shape index (κ2) is 6.98. The molecule has 1 heterocycles. The van der Waals surface area contributed by atoms with Gasteiger partial charge in [0.1, 0.15) is 9.96 Å². The Kier molecular flexibility index (Phi) is 5.26.